The zero-order chi connectivity index (χ0) is 15.1. The molecule has 0 spiro atoms. The molecule has 0 fully saturated rings. The van der Waals surface area contributed by atoms with Crippen LogP contribution in [-0.2, 0) is 6.42 Å². The van der Waals surface area contributed by atoms with Gasteiger partial charge >= 0.3 is 0 Å². The molecule has 2 aromatic rings. The first-order chi connectivity index (χ1) is 10.2. The predicted molar refractivity (Wildman–Crippen MR) is 77.1 cm³/mol. The van der Waals surface area contributed by atoms with E-state index in [2.05, 4.69) is 17.2 Å². The van der Waals surface area contributed by atoms with Crippen LogP contribution in [-0.4, -0.2) is 19.0 Å². The minimum Gasteiger partial charge on any atom is -0.469 e. The lowest BCUT2D eigenvalue weighted by molar-refractivity contribution is 0.0949. The third kappa shape index (κ3) is 4.20. The van der Waals surface area contributed by atoms with Crippen molar-refractivity contribution in [1.82, 2.24) is 5.32 Å². The molecule has 5 heteroatoms. The van der Waals surface area contributed by atoms with E-state index < -0.39 is 11.7 Å². The molecule has 0 aliphatic heterocycles. The molecule has 1 aromatic heterocycles. The monoisotopic (exact) mass is 286 g/mol. The lowest BCUT2D eigenvalue weighted by Gasteiger charge is -2.05. The third-order valence-electron chi connectivity index (χ3n) is 2.78. The number of nitrogens with two attached hydrogens (primary N) is 1. The number of nitrogens with one attached hydrogen (secondary N) is 1. The van der Waals surface area contributed by atoms with Crippen molar-refractivity contribution in [3.8, 4) is 11.8 Å². The van der Waals surface area contributed by atoms with Crippen molar-refractivity contribution in [2.45, 2.75) is 6.42 Å². The standard InChI is InChI=1S/C16H15FN2O2/c17-15-6-5-12(3-1-8-18)11-14(15)16(20)19-9-7-13-4-2-10-21-13/h2,4-6,10-11H,7-9,18H2,(H,19,20). The fourth-order valence-electron chi connectivity index (χ4n) is 1.78. The minimum absolute atomic E-state index is 0.0294. The number of hydrogen-bond donors (Lipinski definition) is 2. The van der Waals surface area contributed by atoms with E-state index >= 15 is 0 Å². The van der Waals surface area contributed by atoms with Crippen LogP contribution in [0, 0.1) is 17.7 Å². The predicted octanol–water partition coefficient (Wildman–Crippen LogP) is 1.70. The summed E-state index contributed by atoms with van der Waals surface area (Å²) < 4.78 is 18.8. The summed E-state index contributed by atoms with van der Waals surface area (Å²) in [5.41, 5.74) is 5.80. The van der Waals surface area contributed by atoms with Crippen molar-refractivity contribution < 1.29 is 13.6 Å². The van der Waals surface area contributed by atoms with Gasteiger partial charge in [-0.05, 0) is 30.3 Å². The Morgan fingerprint density at radius 3 is 2.95 bits per heavy atom. The van der Waals surface area contributed by atoms with E-state index in [9.17, 15) is 9.18 Å². The highest BCUT2D eigenvalue weighted by atomic mass is 19.1. The molecule has 2 rings (SSSR count). The van der Waals surface area contributed by atoms with Crippen LogP contribution >= 0.6 is 0 Å². The third-order valence-corrected chi connectivity index (χ3v) is 2.78. The zero-order valence-corrected chi connectivity index (χ0v) is 11.4. The Morgan fingerprint density at radius 2 is 2.24 bits per heavy atom. The molecule has 0 atom stereocenters. The molecule has 1 amide bonds. The van der Waals surface area contributed by atoms with Gasteiger partial charge in [-0.1, -0.05) is 11.8 Å². The summed E-state index contributed by atoms with van der Waals surface area (Å²) in [6.45, 7) is 0.576. The Bertz CT molecular complexity index is 669. The van der Waals surface area contributed by atoms with E-state index in [1.165, 1.54) is 18.2 Å². The van der Waals surface area contributed by atoms with Gasteiger partial charge in [0.15, 0.2) is 0 Å². The van der Waals surface area contributed by atoms with E-state index in [1.54, 1.807) is 12.3 Å². The number of rotatable bonds is 4. The van der Waals surface area contributed by atoms with Crippen molar-refractivity contribution in [2.24, 2.45) is 5.73 Å². The van der Waals surface area contributed by atoms with Gasteiger partial charge in [-0.2, -0.15) is 0 Å². The molecular formula is C16H15FN2O2. The number of carbonyl (C=O) groups is 1. The van der Waals surface area contributed by atoms with Crippen LogP contribution < -0.4 is 11.1 Å². The lowest BCUT2D eigenvalue weighted by atomic mass is 10.1. The second-order valence-electron chi connectivity index (χ2n) is 4.29. The van der Waals surface area contributed by atoms with Crippen molar-refractivity contribution in [3.05, 3.63) is 59.3 Å². The second kappa shape index (κ2) is 7.27. The summed E-state index contributed by atoms with van der Waals surface area (Å²) in [4.78, 5) is 12.0. The number of amides is 1. The Hall–Kier alpha value is -2.58. The van der Waals surface area contributed by atoms with E-state index in [4.69, 9.17) is 10.2 Å². The van der Waals surface area contributed by atoms with Gasteiger partial charge in [-0.25, -0.2) is 4.39 Å². The van der Waals surface area contributed by atoms with E-state index in [0.717, 1.165) is 5.76 Å². The van der Waals surface area contributed by atoms with Crippen molar-refractivity contribution in [3.63, 3.8) is 0 Å². The van der Waals surface area contributed by atoms with Gasteiger partial charge in [0.1, 0.15) is 11.6 Å². The van der Waals surface area contributed by atoms with Crippen LogP contribution in [0.4, 0.5) is 4.39 Å². The molecule has 0 aliphatic rings. The molecule has 0 aliphatic carbocycles. The van der Waals surface area contributed by atoms with E-state index in [1.807, 2.05) is 6.07 Å². The summed E-state index contributed by atoms with van der Waals surface area (Å²) in [6, 6.07) is 7.74. The fourth-order valence-corrected chi connectivity index (χ4v) is 1.78. The highest BCUT2D eigenvalue weighted by Gasteiger charge is 2.11. The molecule has 3 N–H and O–H groups in total. The fraction of sp³-hybridized carbons (Fsp3) is 0.188. The summed E-state index contributed by atoms with van der Waals surface area (Å²) in [5, 5.41) is 2.65. The normalized spacial score (nSPS) is 9.81. The molecule has 0 unspecified atom stereocenters. The summed E-state index contributed by atoms with van der Waals surface area (Å²) >= 11 is 0. The number of furan rings is 1. The molecule has 0 radical (unpaired) electrons. The smallest absolute Gasteiger partial charge is 0.254 e. The Kier molecular flexibility index (Phi) is 5.13. The molecule has 108 valence electrons. The average Bonchev–Trinajstić information content (AvgIpc) is 2.99. The first kappa shape index (κ1) is 14.8. The van der Waals surface area contributed by atoms with Gasteiger partial charge in [-0.3, -0.25) is 4.79 Å². The first-order valence-corrected chi connectivity index (χ1v) is 6.50. The highest BCUT2D eigenvalue weighted by molar-refractivity contribution is 5.94. The van der Waals surface area contributed by atoms with Gasteiger partial charge < -0.3 is 15.5 Å². The number of halogens is 1. The summed E-state index contributed by atoms with van der Waals surface area (Å²) in [5.74, 6) is 5.14. The number of benzene rings is 1. The van der Waals surface area contributed by atoms with Gasteiger partial charge in [0.2, 0.25) is 0 Å². The maximum Gasteiger partial charge on any atom is 0.254 e. The topological polar surface area (TPSA) is 68.3 Å². The van der Waals surface area contributed by atoms with Crippen LogP contribution in [0.25, 0.3) is 0 Å². The zero-order valence-electron chi connectivity index (χ0n) is 11.4. The van der Waals surface area contributed by atoms with Crippen LogP contribution in [0.2, 0.25) is 0 Å². The Morgan fingerprint density at radius 1 is 1.38 bits per heavy atom. The molecule has 21 heavy (non-hydrogen) atoms. The molecule has 1 aromatic carbocycles. The molecule has 1 heterocycles. The minimum atomic E-state index is -0.580. The van der Waals surface area contributed by atoms with Crippen molar-refractivity contribution in [2.75, 3.05) is 13.1 Å². The SMILES string of the molecule is NCC#Cc1ccc(F)c(C(=O)NCCc2ccco2)c1. The molecule has 0 saturated heterocycles. The molecule has 0 bridgehead atoms. The first-order valence-electron chi connectivity index (χ1n) is 6.50. The van der Waals surface area contributed by atoms with Gasteiger partial charge in [0.25, 0.3) is 5.91 Å². The van der Waals surface area contributed by atoms with E-state index in [0.29, 0.717) is 18.5 Å². The van der Waals surface area contributed by atoms with Crippen molar-refractivity contribution in [1.29, 1.82) is 0 Å². The van der Waals surface area contributed by atoms with Gasteiger partial charge in [-0.15, -0.1) is 0 Å². The Balaban J connectivity index is 2.00. The number of hydrogen-bond acceptors (Lipinski definition) is 3. The summed E-state index contributed by atoms with van der Waals surface area (Å²) in [7, 11) is 0. The lowest BCUT2D eigenvalue weighted by Crippen LogP contribution is -2.26. The Labute approximate surface area is 122 Å². The quantitative estimate of drug-likeness (QED) is 0.841. The van der Waals surface area contributed by atoms with Crippen LogP contribution in [0.1, 0.15) is 21.7 Å². The highest BCUT2D eigenvalue weighted by Crippen LogP contribution is 2.10. The van der Waals surface area contributed by atoms with Gasteiger partial charge in [0.05, 0.1) is 18.4 Å². The number of carbonyl (C=O) groups excluding carboxylic acids is 1. The molecular weight excluding hydrogens is 271 g/mol. The van der Waals surface area contributed by atoms with Crippen molar-refractivity contribution >= 4 is 5.91 Å². The maximum absolute atomic E-state index is 13.7. The largest absolute Gasteiger partial charge is 0.469 e. The maximum atomic E-state index is 13.7. The van der Waals surface area contributed by atoms with Crippen LogP contribution in [0.5, 0.6) is 0 Å². The van der Waals surface area contributed by atoms with Crippen LogP contribution in [0.3, 0.4) is 0 Å². The summed E-state index contributed by atoms with van der Waals surface area (Å²) in [6.07, 6.45) is 2.11. The van der Waals surface area contributed by atoms with Crippen LogP contribution in [0.15, 0.2) is 41.0 Å². The van der Waals surface area contributed by atoms with E-state index in [-0.39, 0.29) is 12.1 Å². The van der Waals surface area contributed by atoms with Gasteiger partial charge in [0, 0.05) is 18.5 Å². The molecule has 0 saturated carbocycles. The molecule has 4 nitrogen and oxygen atoms in total. The second-order valence-corrected chi connectivity index (χ2v) is 4.29. The average molecular weight is 286 g/mol.